The van der Waals surface area contributed by atoms with Gasteiger partial charge < -0.3 is 33.8 Å². The third kappa shape index (κ3) is 71.5. The molecule has 0 fully saturated rings. The summed E-state index contributed by atoms with van der Waals surface area (Å²) >= 11 is 0. The van der Waals surface area contributed by atoms with Gasteiger partial charge in [0.25, 0.3) is 0 Å². The summed E-state index contributed by atoms with van der Waals surface area (Å²) in [7, 11) is -9.92. The number of aliphatic hydroxyl groups excluding tert-OH is 1. The van der Waals surface area contributed by atoms with Crippen LogP contribution in [0.2, 0.25) is 0 Å². The minimum absolute atomic E-state index is 0.106. The lowest BCUT2D eigenvalue weighted by Crippen LogP contribution is -2.30. The molecule has 588 valence electrons. The molecule has 0 aliphatic rings. The van der Waals surface area contributed by atoms with Crippen LogP contribution in [0, 0.1) is 23.7 Å². The average molecular weight is 1450 g/mol. The van der Waals surface area contributed by atoms with Crippen molar-refractivity contribution in [2.75, 3.05) is 39.6 Å². The lowest BCUT2D eigenvalue weighted by molar-refractivity contribution is -0.161. The topological polar surface area (TPSA) is 237 Å². The fourth-order valence-corrected chi connectivity index (χ4v) is 13.8. The van der Waals surface area contributed by atoms with Gasteiger partial charge in [0.1, 0.15) is 19.3 Å². The van der Waals surface area contributed by atoms with Crippen molar-refractivity contribution in [3.8, 4) is 0 Å². The molecule has 0 aromatic rings. The third-order valence-electron chi connectivity index (χ3n) is 19.3. The van der Waals surface area contributed by atoms with E-state index in [0.29, 0.717) is 31.6 Å². The predicted molar refractivity (Wildman–Crippen MR) is 404 cm³/mol. The number of rotatable bonds is 77. The van der Waals surface area contributed by atoms with Crippen LogP contribution in [-0.4, -0.2) is 96.7 Å². The Kier molecular flexibility index (Phi) is 67.8. The van der Waals surface area contributed by atoms with Crippen LogP contribution >= 0.6 is 15.6 Å². The maximum absolute atomic E-state index is 13.1. The normalized spacial score (nSPS) is 14.6. The van der Waals surface area contributed by atoms with E-state index in [1.807, 2.05) is 0 Å². The van der Waals surface area contributed by atoms with Crippen molar-refractivity contribution < 1.29 is 80.2 Å². The van der Waals surface area contributed by atoms with E-state index in [0.717, 1.165) is 120 Å². The highest BCUT2D eigenvalue weighted by atomic mass is 31.2. The summed E-state index contributed by atoms with van der Waals surface area (Å²) in [6.45, 7) is 14.2. The quantitative estimate of drug-likeness (QED) is 0.0222. The summed E-state index contributed by atoms with van der Waals surface area (Å²) in [6, 6.07) is 0. The molecule has 0 rings (SSSR count). The standard InChI is InChI=1S/C80H156O17P2/c1-9-72(7)58-50-42-33-29-25-21-17-13-11-12-14-18-22-26-30-34-46-54-62-79(84)96-75(66-90-77(82)60-52-44-38-36-41-49-57-71(5)6)68-94-98(86,87)92-64-74(81)65-93-99(88,89)95-69-76(67-91-78(83)61-53-45-39-37-43-51-59-73(8)10-2)97-80(85)63-55-47-35-31-27-23-19-15-16-20-24-28-32-40-48-56-70(3)4/h70-76,81H,9-69H2,1-8H3,(H,86,87)(H,88,89)/t72?,73?,74-,75-,76-/m1/s1. The van der Waals surface area contributed by atoms with Crippen LogP contribution in [0.25, 0.3) is 0 Å². The summed E-state index contributed by atoms with van der Waals surface area (Å²) in [4.78, 5) is 72.9. The van der Waals surface area contributed by atoms with Gasteiger partial charge in [0.05, 0.1) is 26.4 Å². The molecule has 3 N–H and O–H groups in total. The molecule has 4 unspecified atom stereocenters. The molecule has 0 radical (unpaired) electrons. The van der Waals surface area contributed by atoms with Crippen molar-refractivity contribution >= 4 is 39.5 Å². The highest BCUT2D eigenvalue weighted by molar-refractivity contribution is 7.47. The second kappa shape index (κ2) is 69.1. The van der Waals surface area contributed by atoms with Crippen molar-refractivity contribution in [1.82, 2.24) is 0 Å². The summed E-state index contributed by atoms with van der Waals surface area (Å²) in [5.41, 5.74) is 0. The zero-order valence-corrected chi connectivity index (χ0v) is 66.9. The highest BCUT2D eigenvalue weighted by Crippen LogP contribution is 2.45. The van der Waals surface area contributed by atoms with E-state index in [-0.39, 0.29) is 25.7 Å². The predicted octanol–water partition coefficient (Wildman–Crippen LogP) is 23.6. The van der Waals surface area contributed by atoms with Gasteiger partial charge >= 0.3 is 39.5 Å². The third-order valence-corrected chi connectivity index (χ3v) is 21.2. The summed E-state index contributed by atoms with van der Waals surface area (Å²) in [6.07, 6.45) is 55.8. The van der Waals surface area contributed by atoms with Crippen LogP contribution in [0.4, 0.5) is 0 Å². The van der Waals surface area contributed by atoms with Crippen LogP contribution in [-0.2, 0) is 65.4 Å². The number of carbonyl (C=O) groups excluding carboxylic acids is 4. The lowest BCUT2D eigenvalue weighted by Gasteiger charge is -2.21. The number of hydrogen-bond acceptors (Lipinski definition) is 15. The molecule has 0 spiro atoms. The maximum Gasteiger partial charge on any atom is 0.472 e. The van der Waals surface area contributed by atoms with Gasteiger partial charge in [-0.2, -0.15) is 0 Å². The Morgan fingerprint density at radius 1 is 0.283 bits per heavy atom. The first-order valence-corrected chi connectivity index (χ1v) is 44.3. The summed E-state index contributed by atoms with van der Waals surface area (Å²) in [5.74, 6) is 0.964. The molecule has 0 aromatic carbocycles. The zero-order valence-electron chi connectivity index (χ0n) is 65.1. The second-order valence-corrected chi connectivity index (χ2v) is 33.1. The van der Waals surface area contributed by atoms with E-state index in [1.54, 1.807) is 0 Å². The molecule has 0 aliphatic carbocycles. The molecular formula is C80H156O17P2. The number of phosphoric ester groups is 2. The number of ether oxygens (including phenoxy) is 4. The average Bonchev–Trinajstić information content (AvgIpc) is 1.27. The van der Waals surface area contributed by atoms with Crippen LogP contribution < -0.4 is 0 Å². The van der Waals surface area contributed by atoms with Crippen molar-refractivity contribution in [2.45, 2.75) is 427 Å². The fraction of sp³-hybridized carbons (Fsp3) is 0.950. The molecule has 17 nitrogen and oxygen atoms in total. The fourth-order valence-electron chi connectivity index (χ4n) is 12.2. The first-order chi connectivity index (χ1) is 47.7. The van der Waals surface area contributed by atoms with Gasteiger partial charge in [-0.15, -0.1) is 0 Å². The number of esters is 4. The second-order valence-electron chi connectivity index (χ2n) is 30.2. The zero-order chi connectivity index (χ0) is 73.1. The number of aliphatic hydroxyl groups is 1. The molecule has 0 aliphatic heterocycles. The first kappa shape index (κ1) is 97.1. The first-order valence-electron chi connectivity index (χ1n) is 41.3. The number of hydrogen-bond donors (Lipinski definition) is 3. The van der Waals surface area contributed by atoms with Gasteiger partial charge in [-0.05, 0) is 49.4 Å². The minimum atomic E-state index is -4.96. The number of unbranched alkanes of at least 4 members (excludes halogenated alkanes) is 41. The van der Waals surface area contributed by atoms with E-state index in [4.69, 9.17) is 37.0 Å². The lowest BCUT2D eigenvalue weighted by atomic mass is 9.99. The Hall–Kier alpha value is -1.94. The molecule has 19 heteroatoms. The Morgan fingerprint density at radius 2 is 0.485 bits per heavy atom. The van der Waals surface area contributed by atoms with Gasteiger partial charge in [-0.25, -0.2) is 9.13 Å². The van der Waals surface area contributed by atoms with Crippen LogP contribution in [0.1, 0.15) is 409 Å². The molecule has 0 bridgehead atoms. The Balaban J connectivity index is 5.14. The van der Waals surface area contributed by atoms with Crippen LogP contribution in [0.5, 0.6) is 0 Å². The van der Waals surface area contributed by atoms with Gasteiger partial charge in [-0.3, -0.25) is 37.3 Å². The van der Waals surface area contributed by atoms with Crippen LogP contribution in [0.15, 0.2) is 0 Å². The number of carbonyl (C=O) groups is 4. The van der Waals surface area contributed by atoms with Crippen LogP contribution in [0.3, 0.4) is 0 Å². The molecule has 0 saturated heterocycles. The molecule has 0 aromatic heterocycles. The van der Waals surface area contributed by atoms with E-state index in [9.17, 15) is 43.2 Å². The van der Waals surface area contributed by atoms with Crippen molar-refractivity contribution in [3.05, 3.63) is 0 Å². The Morgan fingerprint density at radius 3 is 0.717 bits per heavy atom. The molecule has 0 amide bonds. The van der Waals surface area contributed by atoms with Crippen molar-refractivity contribution in [2.24, 2.45) is 23.7 Å². The highest BCUT2D eigenvalue weighted by Gasteiger charge is 2.30. The van der Waals surface area contributed by atoms with Crippen molar-refractivity contribution in [3.63, 3.8) is 0 Å². The largest absolute Gasteiger partial charge is 0.472 e. The summed E-state index contributed by atoms with van der Waals surface area (Å²) in [5, 5.41) is 10.6. The molecular weight excluding hydrogens is 1290 g/mol. The van der Waals surface area contributed by atoms with E-state index < -0.39 is 97.5 Å². The maximum atomic E-state index is 13.1. The molecule has 99 heavy (non-hydrogen) atoms. The number of phosphoric acid groups is 2. The Labute approximate surface area is 607 Å². The van der Waals surface area contributed by atoms with E-state index in [2.05, 4.69) is 55.4 Å². The SMILES string of the molecule is CCC(C)CCCCCCCCCCCCCCCCCCCCC(=O)O[C@H](COC(=O)CCCCCCCCC(C)C)COP(=O)(O)OC[C@@H](O)COP(=O)(O)OC[C@@H](COC(=O)CCCCCCCCC(C)CC)OC(=O)CCCCCCCCCCCCCCCCCC(C)C. The minimum Gasteiger partial charge on any atom is -0.462 e. The van der Waals surface area contributed by atoms with Gasteiger partial charge in [-0.1, -0.05) is 357 Å². The van der Waals surface area contributed by atoms with E-state index >= 15 is 0 Å². The van der Waals surface area contributed by atoms with Gasteiger partial charge in [0.2, 0.25) is 0 Å². The monoisotopic (exact) mass is 1450 g/mol. The van der Waals surface area contributed by atoms with Gasteiger partial charge in [0, 0.05) is 25.7 Å². The van der Waals surface area contributed by atoms with E-state index in [1.165, 1.54) is 199 Å². The smallest absolute Gasteiger partial charge is 0.462 e. The molecule has 7 atom stereocenters. The Bertz CT molecular complexity index is 1940. The van der Waals surface area contributed by atoms with Crippen molar-refractivity contribution in [1.29, 1.82) is 0 Å². The summed E-state index contributed by atoms with van der Waals surface area (Å²) < 4.78 is 68.6. The van der Waals surface area contributed by atoms with Gasteiger partial charge in [0.15, 0.2) is 12.2 Å². The molecule has 0 saturated carbocycles. The molecule has 0 heterocycles.